The molecule has 0 aliphatic rings. The number of benzene rings is 1. The van der Waals surface area contributed by atoms with Gasteiger partial charge in [0.15, 0.2) is 0 Å². The highest BCUT2D eigenvalue weighted by Gasteiger charge is 2.00. The number of hydrogen-bond donors (Lipinski definition) is 2. The number of carboxylic acid groups (broad SMARTS) is 1. The normalized spacial score (nSPS) is 11.6. The highest BCUT2D eigenvalue weighted by molar-refractivity contribution is 5.85. The fraction of sp³-hybridized carbons (Fsp3) is 0.308. The molecule has 0 saturated carbocycles. The third-order valence-corrected chi connectivity index (χ3v) is 2.40. The molecule has 0 unspecified atom stereocenters. The standard InChI is InChI=1S/C13H15F2NO2/c1-9(13(17)18)2-4-16-5-3-10-6-11(14)8-12(15)7-10/h2,6-8,16H,3-5H2,1H3,(H,17,18)/b9-2-. The maximum atomic E-state index is 12.9. The average Bonchev–Trinajstić information content (AvgIpc) is 2.26. The van der Waals surface area contributed by atoms with E-state index in [2.05, 4.69) is 5.32 Å². The molecule has 0 radical (unpaired) electrons. The molecular weight excluding hydrogens is 240 g/mol. The van der Waals surface area contributed by atoms with Gasteiger partial charge in [0.2, 0.25) is 0 Å². The monoisotopic (exact) mass is 255 g/mol. The van der Waals surface area contributed by atoms with Gasteiger partial charge in [-0.15, -0.1) is 0 Å². The van der Waals surface area contributed by atoms with Crippen molar-refractivity contribution in [2.75, 3.05) is 13.1 Å². The van der Waals surface area contributed by atoms with Crippen LogP contribution in [0.4, 0.5) is 8.78 Å². The first kappa shape index (κ1) is 14.3. The molecule has 2 N–H and O–H groups in total. The van der Waals surface area contributed by atoms with Gasteiger partial charge in [-0.1, -0.05) is 6.08 Å². The van der Waals surface area contributed by atoms with Crippen LogP contribution in [0.1, 0.15) is 12.5 Å². The van der Waals surface area contributed by atoms with Crippen molar-refractivity contribution in [2.24, 2.45) is 0 Å². The van der Waals surface area contributed by atoms with Crippen LogP contribution in [-0.4, -0.2) is 24.2 Å². The molecule has 1 aromatic rings. The minimum Gasteiger partial charge on any atom is -0.478 e. The molecular formula is C13H15F2NO2. The number of halogens is 2. The van der Waals surface area contributed by atoms with Crippen LogP contribution >= 0.6 is 0 Å². The van der Waals surface area contributed by atoms with Crippen LogP contribution in [-0.2, 0) is 11.2 Å². The summed E-state index contributed by atoms with van der Waals surface area (Å²) in [6.45, 7) is 2.44. The van der Waals surface area contributed by atoms with E-state index >= 15 is 0 Å². The van der Waals surface area contributed by atoms with E-state index in [-0.39, 0.29) is 5.57 Å². The van der Waals surface area contributed by atoms with Gasteiger partial charge in [-0.05, 0) is 37.6 Å². The Hall–Kier alpha value is -1.75. The summed E-state index contributed by atoms with van der Waals surface area (Å²) in [5.74, 6) is -2.14. The first-order chi connectivity index (χ1) is 8.49. The van der Waals surface area contributed by atoms with Crippen LogP contribution in [0.15, 0.2) is 29.8 Å². The van der Waals surface area contributed by atoms with Crippen molar-refractivity contribution in [3.05, 3.63) is 47.0 Å². The number of carboxylic acids is 1. The second-order valence-electron chi connectivity index (χ2n) is 3.92. The van der Waals surface area contributed by atoms with Crippen LogP contribution in [0.5, 0.6) is 0 Å². The van der Waals surface area contributed by atoms with Gasteiger partial charge in [0, 0.05) is 18.2 Å². The second-order valence-corrected chi connectivity index (χ2v) is 3.92. The fourth-order valence-electron chi connectivity index (χ4n) is 1.40. The first-order valence-corrected chi connectivity index (χ1v) is 5.55. The topological polar surface area (TPSA) is 49.3 Å². The molecule has 1 aromatic carbocycles. The van der Waals surface area contributed by atoms with E-state index in [1.807, 2.05) is 0 Å². The van der Waals surface area contributed by atoms with Crippen molar-refractivity contribution in [3.8, 4) is 0 Å². The zero-order valence-corrected chi connectivity index (χ0v) is 10.0. The molecule has 1 rings (SSSR count). The van der Waals surface area contributed by atoms with Crippen molar-refractivity contribution < 1.29 is 18.7 Å². The van der Waals surface area contributed by atoms with Gasteiger partial charge in [0.1, 0.15) is 11.6 Å². The van der Waals surface area contributed by atoms with Gasteiger partial charge in [-0.2, -0.15) is 0 Å². The van der Waals surface area contributed by atoms with E-state index in [0.717, 1.165) is 6.07 Å². The van der Waals surface area contributed by atoms with Gasteiger partial charge in [0.25, 0.3) is 0 Å². The van der Waals surface area contributed by atoms with E-state index in [0.29, 0.717) is 25.1 Å². The molecule has 5 heteroatoms. The van der Waals surface area contributed by atoms with Crippen LogP contribution in [0.2, 0.25) is 0 Å². The Labute approximate surface area is 104 Å². The number of nitrogens with one attached hydrogen (secondary N) is 1. The molecule has 0 aromatic heterocycles. The Morgan fingerprint density at radius 2 is 1.94 bits per heavy atom. The molecule has 0 atom stereocenters. The Morgan fingerprint density at radius 1 is 1.33 bits per heavy atom. The van der Waals surface area contributed by atoms with E-state index in [4.69, 9.17) is 5.11 Å². The summed E-state index contributed by atoms with van der Waals surface area (Å²) >= 11 is 0. The highest BCUT2D eigenvalue weighted by Crippen LogP contribution is 2.07. The molecule has 0 fully saturated rings. The van der Waals surface area contributed by atoms with E-state index in [1.54, 1.807) is 6.08 Å². The lowest BCUT2D eigenvalue weighted by Gasteiger charge is -2.03. The van der Waals surface area contributed by atoms with Crippen LogP contribution in [0.3, 0.4) is 0 Å². The van der Waals surface area contributed by atoms with Crippen molar-refractivity contribution in [2.45, 2.75) is 13.3 Å². The van der Waals surface area contributed by atoms with Crippen molar-refractivity contribution in [1.29, 1.82) is 0 Å². The molecule has 0 aliphatic heterocycles. The van der Waals surface area contributed by atoms with Gasteiger partial charge >= 0.3 is 5.97 Å². The Kier molecular flexibility index (Phi) is 5.45. The summed E-state index contributed by atoms with van der Waals surface area (Å²) in [4.78, 5) is 10.5. The molecule has 0 saturated heterocycles. The first-order valence-electron chi connectivity index (χ1n) is 5.55. The largest absolute Gasteiger partial charge is 0.478 e. The second kappa shape index (κ2) is 6.86. The number of hydrogen-bond acceptors (Lipinski definition) is 2. The van der Waals surface area contributed by atoms with Crippen LogP contribution < -0.4 is 5.32 Å². The summed E-state index contributed by atoms with van der Waals surface area (Å²) < 4.78 is 25.7. The lowest BCUT2D eigenvalue weighted by molar-refractivity contribution is -0.132. The lowest BCUT2D eigenvalue weighted by atomic mass is 10.1. The smallest absolute Gasteiger partial charge is 0.330 e. The minimum absolute atomic E-state index is 0.263. The quantitative estimate of drug-likeness (QED) is 0.604. The summed E-state index contributed by atoms with van der Waals surface area (Å²) in [5.41, 5.74) is 0.832. The number of rotatable bonds is 6. The Bertz CT molecular complexity index is 438. The van der Waals surface area contributed by atoms with Crippen LogP contribution in [0.25, 0.3) is 0 Å². The van der Waals surface area contributed by atoms with E-state index < -0.39 is 17.6 Å². The van der Waals surface area contributed by atoms with E-state index in [9.17, 15) is 13.6 Å². The molecule has 0 amide bonds. The van der Waals surface area contributed by atoms with E-state index in [1.165, 1.54) is 19.1 Å². The summed E-state index contributed by atoms with van der Waals surface area (Å²) in [5, 5.41) is 11.6. The molecule has 0 bridgehead atoms. The predicted molar refractivity (Wildman–Crippen MR) is 64.3 cm³/mol. The zero-order valence-electron chi connectivity index (χ0n) is 10.0. The molecule has 0 spiro atoms. The third kappa shape index (κ3) is 5.05. The maximum absolute atomic E-state index is 12.9. The fourth-order valence-corrected chi connectivity index (χ4v) is 1.40. The van der Waals surface area contributed by atoms with Gasteiger partial charge in [-0.25, -0.2) is 13.6 Å². The van der Waals surface area contributed by atoms with Gasteiger partial charge in [0.05, 0.1) is 0 Å². The van der Waals surface area contributed by atoms with Crippen molar-refractivity contribution >= 4 is 5.97 Å². The number of carbonyl (C=O) groups is 1. The molecule has 98 valence electrons. The van der Waals surface area contributed by atoms with Gasteiger partial charge < -0.3 is 10.4 Å². The van der Waals surface area contributed by atoms with Crippen molar-refractivity contribution in [3.63, 3.8) is 0 Å². The minimum atomic E-state index is -0.955. The highest BCUT2D eigenvalue weighted by atomic mass is 19.1. The molecule has 18 heavy (non-hydrogen) atoms. The predicted octanol–water partition coefficient (Wildman–Crippen LogP) is 2.13. The Balaban J connectivity index is 2.34. The SMILES string of the molecule is C/C(=C/CNCCc1cc(F)cc(F)c1)C(=O)O. The summed E-state index contributed by atoms with van der Waals surface area (Å²) in [6, 6.07) is 3.39. The lowest BCUT2D eigenvalue weighted by Crippen LogP contribution is -2.18. The summed E-state index contributed by atoms with van der Waals surface area (Å²) in [7, 11) is 0. The summed E-state index contributed by atoms with van der Waals surface area (Å²) in [6.07, 6.45) is 2.03. The Morgan fingerprint density at radius 3 is 2.50 bits per heavy atom. The maximum Gasteiger partial charge on any atom is 0.330 e. The zero-order chi connectivity index (χ0) is 13.5. The third-order valence-electron chi connectivity index (χ3n) is 2.40. The number of aliphatic carboxylic acids is 1. The van der Waals surface area contributed by atoms with Crippen molar-refractivity contribution in [1.82, 2.24) is 5.32 Å². The molecule has 3 nitrogen and oxygen atoms in total. The van der Waals surface area contributed by atoms with Gasteiger partial charge in [-0.3, -0.25) is 0 Å². The molecule has 0 heterocycles. The molecule has 0 aliphatic carbocycles. The van der Waals surface area contributed by atoms with Crippen LogP contribution in [0, 0.1) is 11.6 Å². The average molecular weight is 255 g/mol.